The fourth-order valence-electron chi connectivity index (χ4n) is 2.50. The lowest BCUT2D eigenvalue weighted by molar-refractivity contribution is -0.0705. The molecule has 1 saturated heterocycles. The first-order valence-electron chi connectivity index (χ1n) is 6.24. The minimum atomic E-state index is 0.340. The maximum absolute atomic E-state index is 5.75. The Balaban J connectivity index is 2.01. The molecule has 2 rings (SSSR count). The highest BCUT2D eigenvalue weighted by Gasteiger charge is 2.22. The van der Waals surface area contributed by atoms with E-state index >= 15 is 0 Å². The van der Waals surface area contributed by atoms with Crippen molar-refractivity contribution >= 4 is 11.3 Å². The SMILES string of the molecule is Cc1sc(CN)cc1CN1C[C@@H](C)O[C@@H](C)C1. The summed E-state index contributed by atoms with van der Waals surface area (Å²) in [6.07, 6.45) is 0.679. The summed E-state index contributed by atoms with van der Waals surface area (Å²) in [4.78, 5) is 5.16. The highest BCUT2D eigenvalue weighted by molar-refractivity contribution is 7.12. The van der Waals surface area contributed by atoms with Crippen molar-refractivity contribution in [2.75, 3.05) is 13.1 Å². The van der Waals surface area contributed by atoms with Crippen LogP contribution in [0.15, 0.2) is 6.07 Å². The van der Waals surface area contributed by atoms with Gasteiger partial charge < -0.3 is 10.5 Å². The molecule has 1 aromatic heterocycles. The van der Waals surface area contributed by atoms with Crippen LogP contribution < -0.4 is 5.73 Å². The van der Waals surface area contributed by atoms with Crippen molar-refractivity contribution in [2.24, 2.45) is 5.73 Å². The molecule has 2 N–H and O–H groups in total. The molecule has 2 atom stereocenters. The summed E-state index contributed by atoms with van der Waals surface area (Å²) in [5.41, 5.74) is 7.11. The Morgan fingerprint density at radius 2 is 2.06 bits per heavy atom. The van der Waals surface area contributed by atoms with Gasteiger partial charge in [0.05, 0.1) is 12.2 Å². The number of thiophene rings is 1. The van der Waals surface area contributed by atoms with Crippen LogP contribution in [0.4, 0.5) is 0 Å². The van der Waals surface area contributed by atoms with Gasteiger partial charge in [-0.05, 0) is 32.4 Å². The van der Waals surface area contributed by atoms with Crippen LogP contribution in [0.5, 0.6) is 0 Å². The largest absolute Gasteiger partial charge is 0.373 e. The van der Waals surface area contributed by atoms with Gasteiger partial charge in [0.25, 0.3) is 0 Å². The van der Waals surface area contributed by atoms with Crippen molar-refractivity contribution < 1.29 is 4.74 Å². The second-order valence-electron chi connectivity index (χ2n) is 4.95. The van der Waals surface area contributed by atoms with Crippen molar-refractivity contribution in [3.63, 3.8) is 0 Å². The molecule has 1 aliphatic rings. The van der Waals surface area contributed by atoms with Crippen LogP contribution in [0.25, 0.3) is 0 Å². The molecule has 4 heteroatoms. The van der Waals surface area contributed by atoms with E-state index in [9.17, 15) is 0 Å². The number of morpholine rings is 1. The number of hydrogen-bond acceptors (Lipinski definition) is 4. The van der Waals surface area contributed by atoms with Gasteiger partial charge in [0, 0.05) is 35.9 Å². The molecule has 0 unspecified atom stereocenters. The second kappa shape index (κ2) is 5.48. The summed E-state index contributed by atoms with van der Waals surface area (Å²) in [6.45, 7) is 10.2. The summed E-state index contributed by atoms with van der Waals surface area (Å²) in [7, 11) is 0. The quantitative estimate of drug-likeness (QED) is 0.898. The Morgan fingerprint density at radius 3 is 2.59 bits per heavy atom. The van der Waals surface area contributed by atoms with Gasteiger partial charge in [-0.25, -0.2) is 0 Å². The van der Waals surface area contributed by atoms with Crippen molar-refractivity contribution in [1.29, 1.82) is 0 Å². The van der Waals surface area contributed by atoms with Crippen LogP contribution in [-0.2, 0) is 17.8 Å². The van der Waals surface area contributed by atoms with E-state index < -0.39 is 0 Å². The summed E-state index contributed by atoms with van der Waals surface area (Å²) in [5, 5.41) is 0. The minimum absolute atomic E-state index is 0.340. The Kier molecular flexibility index (Phi) is 4.20. The Labute approximate surface area is 108 Å². The molecule has 0 saturated carbocycles. The predicted octanol–water partition coefficient (Wildman–Crippen LogP) is 2.12. The lowest BCUT2D eigenvalue weighted by atomic mass is 10.2. The molecule has 96 valence electrons. The first-order valence-corrected chi connectivity index (χ1v) is 7.06. The molecule has 0 bridgehead atoms. The smallest absolute Gasteiger partial charge is 0.0678 e. The molecular weight excluding hydrogens is 232 g/mol. The van der Waals surface area contributed by atoms with Gasteiger partial charge in [0.1, 0.15) is 0 Å². The topological polar surface area (TPSA) is 38.5 Å². The van der Waals surface area contributed by atoms with Gasteiger partial charge in [-0.1, -0.05) is 0 Å². The van der Waals surface area contributed by atoms with Crippen LogP contribution >= 0.6 is 11.3 Å². The molecule has 0 amide bonds. The van der Waals surface area contributed by atoms with Crippen molar-refractivity contribution in [1.82, 2.24) is 4.90 Å². The van der Waals surface area contributed by atoms with E-state index in [1.165, 1.54) is 15.3 Å². The predicted molar refractivity (Wildman–Crippen MR) is 72.2 cm³/mol. The highest BCUT2D eigenvalue weighted by Crippen LogP contribution is 2.23. The van der Waals surface area contributed by atoms with E-state index in [0.717, 1.165) is 19.6 Å². The fourth-order valence-corrected chi connectivity index (χ4v) is 3.43. The third-order valence-corrected chi connectivity index (χ3v) is 4.28. The summed E-state index contributed by atoms with van der Waals surface area (Å²) in [5.74, 6) is 0. The molecule has 0 radical (unpaired) electrons. The van der Waals surface area contributed by atoms with Gasteiger partial charge in [0.2, 0.25) is 0 Å². The lowest BCUT2D eigenvalue weighted by Gasteiger charge is -2.35. The third-order valence-electron chi connectivity index (χ3n) is 3.16. The number of nitrogens with zero attached hydrogens (tertiary/aromatic N) is 1. The maximum Gasteiger partial charge on any atom is 0.0678 e. The Bertz CT molecular complexity index is 367. The Hall–Kier alpha value is -0.420. The monoisotopic (exact) mass is 254 g/mol. The molecule has 0 aliphatic carbocycles. The van der Waals surface area contributed by atoms with Gasteiger partial charge in [0.15, 0.2) is 0 Å². The molecule has 1 aromatic rings. The first kappa shape index (κ1) is 13.0. The molecule has 1 fully saturated rings. The summed E-state index contributed by atoms with van der Waals surface area (Å²) in [6, 6.07) is 2.25. The number of hydrogen-bond donors (Lipinski definition) is 1. The van der Waals surface area contributed by atoms with E-state index in [-0.39, 0.29) is 0 Å². The van der Waals surface area contributed by atoms with Crippen molar-refractivity contribution in [3.05, 3.63) is 21.4 Å². The lowest BCUT2D eigenvalue weighted by Crippen LogP contribution is -2.44. The van der Waals surface area contributed by atoms with E-state index in [2.05, 4.69) is 31.7 Å². The standard InChI is InChI=1S/C13H22N2OS/c1-9-6-15(7-10(2)16-9)8-12-4-13(5-14)17-11(12)3/h4,9-10H,5-8,14H2,1-3H3/t9-,10+. The van der Waals surface area contributed by atoms with Gasteiger partial charge >= 0.3 is 0 Å². The van der Waals surface area contributed by atoms with Crippen LogP contribution in [0, 0.1) is 6.92 Å². The van der Waals surface area contributed by atoms with E-state index in [0.29, 0.717) is 18.8 Å². The zero-order valence-corrected chi connectivity index (χ0v) is 11.7. The van der Waals surface area contributed by atoms with Crippen molar-refractivity contribution in [2.45, 2.75) is 46.1 Å². The van der Waals surface area contributed by atoms with E-state index in [1.54, 1.807) is 0 Å². The minimum Gasteiger partial charge on any atom is -0.373 e. The van der Waals surface area contributed by atoms with Crippen molar-refractivity contribution in [3.8, 4) is 0 Å². The molecule has 1 aliphatic heterocycles. The Morgan fingerprint density at radius 1 is 1.41 bits per heavy atom. The second-order valence-corrected chi connectivity index (χ2v) is 6.29. The van der Waals surface area contributed by atoms with E-state index in [4.69, 9.17) is 10.5 Å². The molecule has 3 nitrogen and oxygen atoms in total. The fraction of sp³-hybridized carbons (Fsp3) is 0.692. The third kappa shape index (κ3) is 3.28. The van der Waals surface area contributed by atoms with E-state index in [1.807, 2.05) is 11.3 Å². The average molecular weight is 254 g/mol. The molecular formula is C13H22N2OS. The average Bonchev–Trinajstić information content (AvgIpc) is 2.58. The first-order chi connectivity index (χ1) is 8.08. The number of rotatable bonds is 3. The van der Waals surface area contributed by atoms with Crippen LogP contribution in [0.3, 0.4) is 0 Å². The van der Waals surface area contributed by atoms with Gasteiger partial charge in [-0.2, -0.15) is 0 Å². The van der Waals surface area contributed by atoms with Crippen LogP contribution in [0.1, 0.15) is 29.2 Å². The molecule has 17 heavy (non-hydrogen) atoms. The maximum atomic E-state index is 5.75. The molecule has 0 spiro atoms. The van der Waals surface area contributed by atoms with Gasteiger partial charge in [-0.15, -0.1) is 11.3 Å². The number of nitrogens with two attached hydrogens (primary N) is 1. The molecule has 2 heterocycles. The molecule has 0 aromatic carbocycles. The highest BCUT2D eigenvalue weighted by atomic mass is 32.1. The van der Waals surface area contributed by atoms with Gasteiger partial charge in [-0.3, -0.25) is 4.90 Å². The zero-order valence-electron chi connectivity index (χ0n) is 10.9. The normalized spacial score (nSPS) is 26.4. The number of ether oxygens (including phenoxy) is 1. The zero-order chi connectivity index (χ0) is 12.4. The van der Waals surface area contributed by atoms with Crippen LogP contribution in [-0.4, -0.2) is 30.2 Å². The summed E-state index contributed by atoms with van der Waals surface area (Å²) >= 11 is 1.82. The van der Waals surface area contributed by atoms with Crippen LogP contribution in [0.2, 0.25) is 0 Å². The summed E-state index contributed by atoms with van der Waals surface area (Å²) < 4.78 is 5.75. The number of aryl methyl sites for hydroxylation is 1.